The minimum Gasteiger partial charge on any atom is -0.507 e. The molecule has 0 unspecified atom stereocenters. The van der Waals surface area contributed by atoms with Gasteiger partial charge in [0.05, 0.1) is 5.56 Å². The molecule has 2 aromatic rings. The molecule has 0 spiro atoms. The maximum Gasteiger partial charge on any atom is 0.155 e. The van der Waals surface area contributed by atoms with Crippen LogP contribution in [0.25, 0.3) is 11.1 Å². The van der Waals surface area contributed by atoms with E-state index in [2.05, 4.69) is 6.92 Å². The molecule has 1 saturated carbocycles. The maximum atomic E-state index is 14.4. The van der Waals surface area contributed by atoms with E-state index in [9.17, 15) is 13.9 Å². The molecule has 1 N–H and O–H groups in total. The molecule has 0 atom stereocenters. The number of halogens is 2. The molecular formula is C21H21F2NO. The quantitative estimate of drug-likeness (QED) is 0.756. The summed E-state index contributed by atoms with van der Waals surface area (Å²) >= 11 is 0. The van der Waals surface area contributed by atoms with Gasteiger partial charge in [-0.3, -0.25) is 0 Å². The monoisotopic (exact) mass is 341 g/mol. The highest BCUT2D eigenvalue weighted by Crippen LogP contribution is 2.39. The first-order chi connectivity index (χ1) is 12.0. The van der Waals surface area contributed by atoms with Crippen molar-refractivity contribution in [2.24, 2.45) is 5.92 Å². The van der Waals surface area contributed by atoms with Crippen molar-refractivity contribution >= 4 is 0 Å². The highest BCUT2D eigenvalue weighted by molar-refractivity contribution is 5.73. The van der Waals surface area contributed by atoms with E-state index in [0.29, 0.717) is 11.5 Å². The third-order valence-corrected chi connectivity index (χ3v) is 5.40. The molecule has 0 saturated heterocycles. The van der Waals surface area contributed by atoms with Gasteiger partial charge in [-0.25, -0.2) is 8.78 Å². The number of hydrogen-bond donors (Lipinski definition) is 1. The summed E-state index contributed by atoms with van der Waals surface area (Å²) in [5, 5.41) is 18.8. The number of aromatic hydroxyl groups is 1. The van der Waals surface area contributed by atoms with Crippen molar-refractivity contribution in [2.45, 2.75) is 44.9 Å². The molecule has 1 aliphatic carbocycles. The van der Waals surface area contributed by atoms with Gasteiger partial charge in [0, 0.05) is 6.07 Å². The highest BCUT2D eigenvalue weighted by atomic mass is 19.1. The fourth-order valence-corrected chi connectivity index (χ4v) is 3.81. The molecule has 1 aliphatic rings. The van der Waals surface area contributed by atoms with Gasteiger partial charge in [-0.2, -0.15) is 5.26 Å². The Kier molecular flexibility index (Phi) is 5.03. The van der Waals surface area contributed by atoms with Gasteiger partial charge in [0.15, 0.2) is 5.82 Å². The standard InChI is InChI=1S/C21H21F2NO/c1-2-13-3-5-14(6-4-13)15-7-9-16(10-8-15)20-19(25)11-18(22)17(12-24)21(20)23/h7-11,13-14,25H,2-6H2,1H3. The third-order valence-electron chi connectivity index (χ3n) is 5.40. The molecule has 2 aromatic carbocycles. The van der Waals surface area contributed by atoms with Gasteiger partial charge in [0.2, 0.25) is 0 Å². The van der Waals surface area contributed by atoms with E-state index in [0.717, 1.165) is 24.8 Å². The van der Waals surface area contributed by atoms with Crippen LogP contribution in [0.3, 0.4) is 0 Å². The minimum atomic E-state index is -1.05. The van der Waals surface area contributed by atoms with Crippen LogP contribution in [0.15, 0.2) is 30.3 Å². The number of rotatable bonds is 3. The van der Waals surface area contributed by atoms with Crippen LogP contribution in [-0.4, -0.2) is 5.11 Å². The van der Waals surface area contributed by atoms with Crippen LogP contribution < -0.4 is 0 Å². The van der Waals surface area contributed by atoms with Crippen LogP contribution >= 0.6 is 0 Å². The Labute approximate surface area is 146 Å². The van der Waals surface area contributed by atoms with Crippen molar-refractivity contribution in [3.8, 4) is 22.9 Å². The maximum absolute atomic E-state index is 14.4. The first-order valence-electron chi connectivity index (χ1n) is 8.76. The Hall–Kier alpha value is -2.41. The molecule has 0 heterocycles. The van der Waals surface area contributed by atoms with Crippen molar-refractivity contribution in [1.29, 1.82) is 5.26 Å². The van der Waals surface area contributed by atoms with Crippen LogP contribution in [0.4, 0.5) is 8.78 Å². The second kappa shape index (κ2) is 7.23. The SMILES string of the molecule is CCC1CCC(c2ccc(-c3c(O)cc(F)c(C#N)c3F)cc2)CC1. The van der Waals surface area contributed by atoms with Gasteiger partial charge in [0.25, 0.3) is 0 Å². The predicted molar refractivity (Wildman–Crippen MR) is 93.2 cm³/mol. The van der Waals surface area contributed by atoms with Crippen molar-refractivity contribution in [2.75, 3.05) is 0 Å². The summed E-state index contributed by atoms with van der Waals surface area (Å²) in [5.74, 6) is -1.23. The van der Waals surface area contributed by atoms with Crippen LogP contribution in [0.1, 0.15) is 56.1 Å². The summed E-state index contributed by atoms with van der Waals surface area (Å²) < 4.78 is 27.9. The largest absolute Gasteiger partial charge is 0.507 e. The van der Waals surface area contributed by atoms with Crippen LogP contribution in [0.2, 0.25) is 0 Å². The first-order valence-corrected chi connectivity index (χ1v) is 8.76. The molecule has 130 valence electrons. The van der Waals surface area contributed by atoms with E-state index in [1.165, 1.54) is 30.9 Å². The summed E-state index contributed by atoms with van der Waals surface area (Å²) in [6, 6.07) is 9.66. The van der Waals surface area contributed by atoms with Crippen LogP contribution in [0, 0.1) is 28.9 Å². The third kappa shape index (κ3) is 3.37. The Balaban J connectivity index is 1.88. The molecule has 0 aliphatic heterocycles. The normalized spacial score (nSPS) is 20.2. The molecule has 0 radical (unpaired) electrons. The minimum absolute atomic E-state index is 0.126. The second-order valence-corrected chi connectivity index (χ2v) is 6.80. The number of phenols is 1. The molecule has 0 bridgehead atoms. The molecule has 0 aromatic heterocycles. The average molecular weight is 341 g/mol. The van der Waals surface area contributed by atoms with E-state index >= 15 is 0 Å². The molecular weight excluding hydrogens is 320 g/mol. The fraction of sp³-hybridized carbons (Fsp3) is 0.381. The Morgan fingerprint density at radius 1 is 1.12 bits per heavy atom. The van der Waals surface area contributed by atoms with Gasteiger partial charge < -0.3 is 5.11 Å². The predicted octanol–water partition coefficient (Wildman–Crippen LogP) is 5.89. The first kappa shape index (κ1) is 17.4. The molecule has 1 fully saturated rings. The van der Waals surface area contributed by atoms with Crippen LogP contribution in [-0.2, 0) is 0 Å². The number of nitrogens with zero attached hydrogens (tertiary/aromatic N) is 1. The van der Waals surface area contributed by atoms with E-state index in [-0.39, 0.29) is 5.56 Å². The molecule has 25 heavy (non-hydrogen) atoms. The van der Waals surface area contributed by atoms with Gasteiger partial charge in [-0.05, 0) is 48.6 Å². The summed E-state index contributed by atoms with van der Waals surface area (Å²) in [6.07, 6.45) is 6.03. The molecule has 2 nitrogen and oxygen atoms in total. The lowest BCUT2D eigenvalue weighted by Crippen LogP contribution is -2.12. The summed E-state index contributed by atoms with van der Waals surface area (Å²) in [5.41, 5.74) is 0.854. The Morgan fingerprint density at radius 3 is 2.32 bits per heavy atom. The molecule has 4 heteroatoms. The van der Waals surface area contributed by atoms with Crippen molar-refractivity contribution < 1.29 is 13.9 Å². The Morgan fingerprint density at radius 2 is 1.76 bits per heavy atom. The zero-order valence-corrected chi connectivity index (χ0v) is 14.2. The summed E-state index contributed by atoms with van der Waals surface area (Å²) in [4.78, 5) is 0. The summed E-state index contributed by atoms with van der Waals surface area (Å²) in [6.45, 7) is 2.24. The zero-order chi connectivity index (χ0) is 18.0. The Bertz CT molecular complexity index is 800. The van der Waals surface area contributed by atoms with E-state index in [1.54, 1.807) is 12.1 Å². The average Bonchev–Trinajstić information content (AvgIpc) is 2.62. The lowest BCUT2D eigenvalue weighted by atomic mass is 9.77. The molecule has 3 rings (SSSR count). The zero-order valence-electron chi connectivity index (χ0n) is 14.2. The number of phenolic OH excluding ortho intramolecular Hbond substituents is 1. The van der Waals surface area contributed by atoms with Crippen LogP contribution in [0.5, 0.6) is 5.75 Å². The highest BCUT2D eigenvalue weighted by Gasteiger charge is 2.22. The summed E-state index contributed by atoms with van der Waals surface area (Å²) in [7, 11) is 0. The van der Waals surface area contributed by atoms with E-state index < -0.39 is 22.9 Å². The van der Waals surface area contributed by atoms with Crippen molar-refractivity contribution in [1.82, 2.24) is 0 Å². The van der Waals surface area contributed by atoms with Gasteiger partial charge in [-0.1, -0.05) is 37.6 Å². The molecule has 0 amide bonds. The van der Waals surface area contributed by atoms with Crippen molar-refractivity contribution in [3.05, 3.63) is 53.1 Å². The second-order valence-electron chi connectivity index (χ2n) is 6.80. The van der Waals surface area contributed by atoms with Gasteiger partial charge >= 0.3 is 0 Å². The van der Waals surface area contributed by atoms with E-state index in [4.69, 9.17) is 5.26 Å². The number of hydrogen-bond acceptors (Lipinski definition) is 2. The number of nitriles is 1. The smallest absolute Gasteiger partial charge is 0.155 e. The number of benzene rings is 2. The van der Waals surface area contributed by atoms with Gasteiger partial charge in [-0.15, -0.1) is 0 Å². The lowest BCUT2D eigenvalue weighted by Gasteiger charge is -2.28. The van der Waals surface area contributed by atoms with Gasteiger partial charge in [0.1, 0.15) is 23.2 Å². The topological polar surface area (TPSA) is 44.0 Å². The fourth-order valence-electron chi connectivity index (χ4n) is 3.81. The van der Waals surface area contributed by atoms with E-state index in [1.807, 2.05) is 12.1 Å². The lowest BCUT2D eigenvalue weighted by molar-refractivity contribution is 0.319. The van der Waals surface area contributed by atoms with Crippen molar-refractivity contribution in [3.63, 3.8) is 0 Å².